The lowest BCUT2D eigenvalue weighted by Gasteiger charge is -2.31. The summed E-state index contributed by atoms with van der Waals surface area (Å²) in [4.78, 5) is 38.2. The summed E-state index contributed by atoms with van der Waals surface area (Å²) in [6, 6.07) is 9.59. The van der Waals surface area contributed by atoms with Crippen molar-refractivity contribution >= 4 is 40.2 Å². The highest BCUT2D eigenvalue weighted by atomic mass is 35.5. The van der Waals surface area contributed by atoms with E-state index in [-0.39, 0.29) is 35.0 Å². The van der Waals surface area contributed by atoms with Gasteiger partial charge in [0.15, 0.2) is 0 Å². The molecule has 3 amide bonds. The van der Waals surface area contributed by atoms with Crippen molar-refractivity contribution in [3.8, 4) is 11.1 Å². The molecule has 1 aliphatic rings. The molecule has 0 aliphatic carbocycles. The number of hydrogen-bond acceptors (Lipinski definition) is 4. The van der Waals surface area contributed by atoms with E-state index in [1.54, 1.807) is 13.0 Å². The Morgan fingerprint density at radius 3 is 2.44 bits per heavy atom. The number of halogens is 1. The molecule has 4 rings (SSSR count). The summed E-state index contributed by atoms with van der Waals surface area (Å²) < 4.78 is 2.02. The van der Waals surface area contributed by atoms with Crippen molar-refractivity contribution < 1.29 is 14.4 Å². The van der Waals surface area contributed by atoms with Gasteiger partial charge in [0.25, 0.3) is 0 Å². The number of nitrogens with two attached hydrogens (primary N) is 1. The quantitative estimate of drug-likeness (QED) is 0.534. The Kier molecular flexibility index (Phi) is 7.09. The van der Waals surface area contributed by atoms with Gasteiger partial charge in [0.05, 0.1) is 28.3 Å². The fraction of sp³-hybridized carbons (Fsp3) is 0.407. The van der Waals surface area contributed by atoms with Gasteiger partial charge in [0.1, 0.15) is 0 Å². The molecule has 2 heterocycles. The van der Waals surface area contributed by atoms with Crippen LogP contribution in [-0.4, -0.2) is 45.5 Å². The average Bonchev–Trinajstić information content (AvgIpc) is 3.27. The summed E-state index contributed by atoms with van der Waals surface area (Å²) >= 11 is 6.69. The standard InChI is InChI=1S/C27H32ClN5O3/c1-16(34)32-10-8-18(9-11-32)33-23-7-5-6-19(22(23)15-31-33)20-12-17(13-21(24(20)28)25(29)35)14-30-26(36)27(2,3)4/h5-7,12-13,15,18H,8-11,14H2,1-4H3,(H2,29,35)(H,30,36). The van der Waals surface area contributed by atoms with Crippen LogP contribution in [0.5, 0.6) is 0 Å². The Balaban J connectivity index is 1.72. The smallest absolute Gasteiger partial charge is 0.250 e. The molecule has 0 atom stereocenters. The zero-order valence-corrected chi connectivity index (χ0v) is 21.9. The van der Waals surface area contributed by atoms with Gasteiger partial charge in [-0.1, -0.05) is 44.5 Å². The molecule has 1 aromatic heterocycles. The second-order valence-electron chi connectivity index (χ2n) is 10.4. The van der Waals surface area contributed by atoms with E-state index in [4.69, 9.17) is 22.4 Å². The maximum absolute atomic E-state index is 12.4. The SMILES string of the molecule is CC(=O)N1CCC(n2ncc3c(-c4cc(CNC(=O)C(C)(C)C)cc(C(N)=O)c4Cl)cccc32)CC1. The number of rotatable bonds is 5. The van der Waals surface area contributed by atoms with Crippen LogP contribution in [-0.2, 0) is 16.1 Å². The molecule has 0 radical (unpaired) electrons. The number of benzene rings is 2. The molecule has 8 nitrogen and oxygen atoms in total. The van der Waals surface area contributed by atoms with E-state index in [1.807, 2.05) is 60.8 Å². The van der Waals surface area contributed by atoms with Crippen molar-refractivity contribution in [1.82, 2.24) is 20.0 Å². The summed E-state index contributed by atoms with van der Waals surface area (Å²) in [5.74, 6) is -0.635. The first-order valence-electron chi connectivity index (χ1n) is 12.1. The molecule has 2 aromatic carbocycles. The fourth-order valence-corrected chi connectivity index (χ4v) is 4.93. The van der Waals surface area contributed by atoms with E-state index >= 15 is 0 Å². The van der Waals surface area contributed by atoms with Crippen molar-refractivity contribution in [2.75, 3.05) is 13.1 Å². The third-order valence-electron chi connectivity index (χ3n) is 6.72. The number of piperidine rings is 1. The molecule has 36 heavy (non-hydrogen) atoms. The maximum Gasteiger partial charge on any atom is 0.250 e. The van der Waals surface area contributed by atoms with Crippen LogP contribution < -0.4 is 11.1 Å². The number of aromatic nitrogens is 2. The minimum atomic E-state index is -0.634. The van der Waals surface area contributed by atoms with E-state index in [2.05, 4.69) is 5.32 Å². The third-order valence-corrected chi connectivity index (χ3v) is 7.13. The summed E-state index contributed by atoms with van der Waals surface area (Å²) in [5.41, 5.74) is 8.48. The van der Waals surface area contributed by atoms with Crippen molar-refractivity contribution in [3.63, 3.8) is 0 Å². The Bertz CT molecular complexity index is 1330. The highest BCUT2D eigenvalue weighted by Crippen LogP contribution is 2.37. The van der Waals surface area contributed by atoms with Crippen LogP contribution in [0.15, 0.2) is 36.5 Å². The highest BCUT2D eigenvalue weighted by molar-refractivity contribution is 6.37. The van der Waals surface area contributed by atoms with Gasteiger partial charge in [0, 0.05) is 42.9 Å². The van der Waals surface area contributed by atoms with Crippen LogP contribution in [0.4, 0.5) is 0 Å². The van der Waals surface area contributed by atoms with E-state index in [1.165, 1.54) is 0 Å². The first kappa shape index (κ1) is 25.7. The Morgan fingerprint density at radius 2 is 1.83 bits per heavy atom. The summed E-state index contributed by atoms with van der Waals surface area (Å²) in [6.45, 7) is 8.77. The summed E-state index contributed by atoms with van der Waals surface area (Å²) in [6.07, 6.45) is 3.47. The van der Waals surface area contributed by atoms with Crippen molar-refractivity contribution in [2.24, 2.45) is 11.1 Å². The van der Waals surface area contributed by atoms with Gasteiger partial charge >= 0.3 is 0 Å². The number of primary amides is 1. The van der Waals surface area contributed by atoms with E-state index in [0.29, 0.717) is 18.7 Å². The minimum Gasteiger partial charge on any atom is -0.366 e. The molecule has 9 heteroatoms. The molecule has 1 saturated heterocycles. The Morgan fingerprint density at radius 1 is 1.14 bits per heavy atom. The summed E-state index contributed by atoms with van der Waals surface area (Å²) in [7, 11) is 0. The normalized spacial score (nSPS) is 14.8. The number of carbonyl (C=O) groups is 3. The van der Waals surface area contributed by atoms with Gasteiger partial charge in [0.2, 0.25) is 17.7 Å². The van der Waals surface area contributed by atoms with Gasteiger partial charge in [-0.25, -0.2) is 0 Å². The molecule has 3 N–H and O–H groups in total. The van der Waals surface area contributed by atoms with Crippen LogP contribution >= 0.6 is 11.6 Å². The molecule has 0 saturated carbocycles. The van der Waals surface area contributed by atoms with Crippen molar-refractivity contribution in [2.45, 2.75) is 53.1 Å². The van der Waals surface area contributed by atoms with E-state index in [0.717, 1.165) is 34.9 Å². The van der Waals surface area contributed by atoms with Gasteiger partial charge in [-0.3, -0.25) is 19.1 Å². The van der Waals surface area contributed by atoms with Crippen LogP contribution in [0, 0.1) is 5.41 Å². The molecule has 3 aromatic rings. The van der Waals surface area contributed by atoms with Crippen LogP contribution in [0.2, 0.25) is 5.02 Å². The summed E-state index contributed by atoms with van der Waals surface area (Å²) in [5, 5.41) is 8.78. The lowest BCUT2D eigenvalue weighted by atomic mass is 9.94. The molecule has 1 aliphatic heterocycles. The Labute approximate surface area is 215 Å². The zero-order chi connectivity index (χ0) is 26.2. The maximum atomic E-state index is 12.4. The number of hydrogen-bond donors (Lipinski definition) is 2. The van der Waals surface area contributed by atoms with Crippen molar-refractivity contribution in [1.29, 1.82) is 0 Å². The highest BCUT2D eigenvalue weighted by Gasteiger charge is 2.25. The lowest BCUT2D eigenvalue weighted by molar-refractivity contribution is -0.130. The van der Waals surface area contributed by atoms with Crippen molar-refractivity contribution in [3.05, 3.63) is 52.7 Å². The number of fused-ring (bicyclic) bond motifs is 1. The van der Waals surface area contributed by atoms with E-state index in [9.17, 15) is 14.4 Å². The predicted molar refractivity (Wildman–Crippen MR) is 141 cm³/mol. The number of likely N-dealkylation sites (tertiary alicyclic amines) is 1. The van der Waals surface area contributed by atoms with Gasteiger partial charge in [-0.2, -0.15) is 5.10 Å². The second-order valence-corrected chi connectivity index (χ2v) is 10.7. The monoisotopic (exact) mass is 509 g/mol. The van der Waals surface area contributed by atoms with Gasteiger partial charge in [-0.05, 0) is 42.2 Å². The van der Waals surface area contributed by atoms with Gasteiger partial charge < -0.3 is 16.0 Å². The second kappa shape index (κ2) is 9.93. The average molecular weight is 510 g/mol. The molecule has 0 spiro atoms. The van der Waals surface area contributed by atoms with Crippen LogP contribution in [0.1, 0.15) is 62.5 Å². The lowest BCUT2D eigenvalue weighted by Crippen LogP contribution is -2.37. The Hall–Kier alpha value is -3.39. The molecule has 1 fully saturated rings. The topological polar surface area (TPSA) is 110 Å². The van der Waals surface area contributed by atoms with Gasteiger partial charge in [-0.15, -0.1) is 0 Å². The zero-order valence-electron chi connectivity index (χ0n) is 21.1. The number of nitrogens with zero attached hydrogens (tertiary/aromatic N) is 3. The molecular formula is C27H32ClN5O3. The molecule has 0 unspecified atom stereocenters. The molecule has 0 bridgehead atoms. The van der Waals surface area contributed by atoms with E-state index < -0.39 is 11.3 Å². The fourth-order valence-electron chi connectivity index (χ4n) is 4.63. The first-order chi connectivity index (χ1) is 17.0. The number of amides is 3. The van der Waals surface area contributed by atoms with Crippen LogP contribution in [0.25, 0.3) is 22.0 Å². The molecule has 190 valence electrons. The first-order valence-corrected chi connectivity index (χ1v) is 12.5. The number of nitrogens with one attached hydrogen (secondary N) is 1. The third kappa shape index (κ3) is 5.09. The largest absolute Gasteiger partial charge is 0.366 e. The predicted octanol–water partition coefficient (Wildman–Crippen LogP) is 4.30. The van der Waals surface area contributed by atoms with Crippen LogP contribution in [0.3, 0.4) is 0 Å². The minimum absolute atomic E-state index is 0.0968. The number of carbonyl (C=O) groups excluding carboxylic acids is 3. The molecular weight excluding hydrogens is 478 g/mol.